The summed E-state index contributed by atoms with van der Waals surface area (Å²) in [6.45, 7) is 3.99. The molecule has 0 radical (unpaired) electrons. The van der Waals surface area contributed by atoms with Crippen molar-refractivity contribution in [3.63, 3.8) is 0 Å². The Kier molecular flexibility index (Phi) is 5.02. The molecule has 0 saturated carbocycles. The number of benzene rings is 2. The third kappa shape index (κ3) is 3.24. The number of likely N-dealkylation sites (tertiary alicyclic amines) is 1. The van der Waals surface area contributed by atoms with E-state index >= 15 is 0 Å². The number of hydrogen-bond donors (Lipinski definition) is 1. The number of hydrogen-bond acceptors (Lipinski definition) is 6. The highest BCUT2D eigenvalue weighted by molar-refractivity contribution is 7.91. The van der Waals surface area contributed by atoms with Crippen molar-refractivity contribution >= 4 is 15.7 Å². The smallest absolute Gasteiger partial charge is 0.223 e. The molecule has 1 amide bonds. The standard InChI is InChI=1S/C22H25NO6S/c1-22(2)21(25)20(23-11-7-10-19(23)24)15-12-18(17(28-3)13-16(15)29-22)30(26,27)14-8-5-4-6-9-14/h4-6,8-9,12-13,20-21,25H,7,10-11H2,1-3H3/t20-,21+/m0/s1. The fourth-order valence-electron chi connectivity index (χ4n) is 4.17. The number of rotatable bonds is 4. The van der Waals surface area contributed by atoms with Crippen LogP contribution in [-0.4, -0.2) is 49.7 Å². The summed E-state index contributed by atoms with van der Waals surface area (Å²) in [5, 5.41) is 11.1. The Bertz CT molecular complexity index is 1080. The molecule has 2 aliphatic heterocycles. The number of sulfone groups is 1. The Balaban J connectivity index is 1.93. The molecule has 0 spiro atoms. The van der Waals surface area contributed by atoms with E-state index < -0.39 is 27.6 Å². The van der Waals surface area contributed by atoms with Crippen LogP contribution in [0, 0.1) is 0 Å². The van der Waals surface area contributed by atoms with E-state index in [4.69, 9.17) is 9.47 Å². The van der Waals surface area contributed by atoms with E-state index in [9.17, 15) is 18.3 Å². The first-order valence-corrected chi connectivity index (χ1v) is 11.3. The van der Waals surface area contributed by atoms with Crippen LogP contribution < -0.4 is 9.47 Å². The van der Waals surface area contributed by atoms with Crippen LogP contribution in [0.15, 0.2) is 52.3 Å². The Morgan fingerprint density at radius 1 is 1.20 bits per heavy atom. The summed E-state index contributed by atoms with van der Waals surface area (Å²) in [7, 11) is -2.49. The molecule has 0 aromatic heterocycles. The van der Waals surface area contributed by atoms with Gasteiger partial charge < -0.3 is 19.5 Å². The lowest BCUT2D eigenvalue weighted by Gasteiger charge is -2.45. The van der Waals surface area contributed by atoms with Crippen LogP contribution in [0.25, 0.3) is 0 Å². The normalized spacial score (nSPS) is 23.1. The molecule has 7 nitrogen and oxygen atoms in total. The predicted octanol–water partition coefficient (Wildman–Crippen LogP) is 2.72. The third-order valence-corrected chi connectivity index (χ3v) is 7.58. The summed E-state index contributed by atoms with van der Waals surface area (Å²) in [4.78, 5) is 14.2. The van der Waals surface area contributed by atoms with Crippen molar-refractivity contribution in [3.05, 3.63) is 48.0 Å². The molecule has 1 N–H and O–H groups in total. The molecule has 160 valence electrons. The van der Waals surface area contributed by atoms with Crippen molar-refractivity contribution in [2.75, 3.05) is 13.7 Å². The average molecular weight is 432 g/mol. The minimum atomic E-state index is -3.89. The van der Waals surface area contributed by atoms with Crippen LogP contribution in [0.3, 0.4) is 0 Å². The van der Waals surface area contributed by atoms with Crippen molar-refractivity contribution in [2.24, 2.45) is 0 Å². The third-order valence-electron chi connectivity index (χ3n) is 5.79. The molecule has 30 heavy (non-hydrogen) atoms. The van der Waals surface area contributed by atoms with Gasteiger partial charge in [-0.2, -0.15) is 0 Å². The number of aliphatic hydroxyl groups excluding tert-OH is 1. The van der Waals surface area contributed by atoms with Gasteiger partial charge in [0.05, 0.1) is 18.0 Å². The van der Waals surface area contributed by atoms with E-state index in [1.54, 1.807) is 36.9 Å². The molecular weight excluding hydrogens is 406 g/mol. The Labute approximate surface area is 176 Å². The van der Waals surface area contributed by atoms with Gasteiger partial charge in [-0.15, -0.1) is 0 Å². The van der Waals surface area contributed by atoms with E-state index in [0.717, 1.165) is 0 Å². The van der Waals surface area contributed by atoms with Crippen molar-refractivity contribution in [1.29, 1.82) is 0 Å². The highest BCUT2D eigenvalue weighted by Gasteiger charge is 2.48. The monoisotopic (exact) mass is 431 g/mol. The van der Waals surface area contributed by atoms with Gasteiger partial charge in [0, 0.05) is 24.6 Å². The lowest BCUT2D eigenvalue weighted by molar-refractivity contribution is -0.139. The Hall–Kier alpha value is -2.58. The molecular formula is C22H25NO6S. The first-order valence-electron chi connectivity index (χ1n) is 9.85. The highest BCUT2D eigenvalue weighted by atomic mass is 32.2. The maximum Gasteiger partial charge on any atom is 0.223 e. The maximum atomic E-state index is 13.3. The highest BCUT2D eigenvalue weighted by Crippen LogP contribution is 2.47. The average Bonchev–Trinajstić information content (AvgIpc) is 3.14. The predicted molar refractivity (Wildman–Crippen MR) is 109 cm³/mol. The quantitative estimate of drug-likeness (QED) is 0.800. The van der Waals surface area contributed by atoms with E-state index in [2.05, 4.69) is 0 Å². The van der Waals surface area contributed by atoms with E-state index in [1.165, 1.54) is 31.4 Å². The van der Waals surface area contributed by atoms with Gasteiger partial charge in [0.2, 0.25) is 15.7 Å². The van der Waals surface area contributed by atoms with Crippen molar-refractivity contribution in [1.82, 2.24) is 4.90 Å². The summed E-state index contributed by atoms with van der Waals surface area (Å²) in [5.74, 6) is 0.487. The van der Waals surface area contributed by atoms with Crippen LogP contribution >= 0.6 is 0 Å². The molecule has 0 aliphatic carbocycles. The lowest BCUT2D eigenvalue weighted by Crippen LogP contribution is -2.53. The first-order chi connectivity index (χ1) is 14.2. The molecule has 2 aliphatic rings. The summed E-state index contributed by atoms with van der Waals surface area (Å²) in [6.07, 6.45) is 0.0857. The second-order valence-corrected chi connectivity index (χ2v) is 10.1. The molecule has 1 saturated heterocycles. The number of methoxy groups -OCH3 is 1. The number of amides is 1. The van der Waals surface area contributed by atoms with Gasteiger partial charge in [-0.1, -0.05) is 18.2 Å². The summed E-state index contributed by atoms with van der Waals surface area (Å²) >= 11 is 0. The van der Waals surface area contributed by atoms with Gasteiger partial charge in [-0.3, -0.25) is 4.79 Å². The number of aliphatic hydroxyl groups is 1. The molecule has 4 rings (SSSR count). The maximum absolute atomic E-state index is 13.3. The largest absolute Gasteiger partial charge is 0.495 e. The fraction of sp³-hybridized carbons (Fsp3) is 0.409. The first kappa shape index (κ1) is 20.7. The lowest BCUT2D eigenvalue weighted by atomic mass is 9.85. The number of nitrogens with zero attached hydrogens (tertiary/aromatic N) is 1. The second-order valence-electron chi connectivity index (χ2n) is 8.14. The van der Waals surface area contributed by atoms with Gasteiger partial charge in [-0.25, -0.2) is 8.42 Å². The van der Waals surface area contributed by atoms with Crippen LogP contribution in [0.5, 0.6) is 11.5 Å². The summed E-state index contributed by atoms with van der Waals surface area (Å²) in [6, 6.07) is 10.4. The molecule has 2 atom stereocenters. The van der Waals surface area contributed by atoms with Crippen molar-refractivity contribution in [2.45, 2.75) is 54.2 Å². The number of fused-ring (bicyclic) bond motifs is 1. The van der Waals surface area contributed by atoms with Gasteiger partial charge in [-0.05, 0) is 38.5 Å². The second kappa shape index (κ2) is 7.28. The van der Waals surface area contributed by atoms with Crippen molar-refractivity contribution in [3.8, 4) is 11.5 Å². The van der Waals surface area contributed by atoms with E-state index in [0.29, 0.717) is 30.7 Å². The molecule has 2 heterocycles. The van der Waals surface area contributed by atoms with Crippen LogP contribution in [0.2, 0.25) is 0 Å². The molecule has 0 unspecified atom stereocenters. The number of carbonyl (C=O) groups is 1. The zero-order chi connectivity index (χ0) is 21.7. The topological polar surface area (TPSA) is 93.1 Å². The van der Waals surface area contributed by atoms with Gasteiger partial charge in [0.1, 0.15) is 28.1 Å². The van der Waals surface area contributed by atoms with Crippen LogP contribution in [-0.2, 0) is 14.6 Å². The van der Waals surface area contributed by atoms with E-state index in [1.807, 2.05) is 0 Å². The SMILES string of the molecule is COc1cc2c(cc1S(=O)(=O)c1ccccc1)[C@H](N1CCCC1=O)[C@@H](O)C(C)(C)O2. The summed E-state index contributed by atoms with van der Waals surface area (Å²) in [5.41, 5.74) is -0.502. The zero-order valence-electron chi connectivity index (χ0n) is 17.2. The van der Waals surface area contributed by atoms with E-state index in [-0.39, 0.29) is 21.4 Å². The van der Waals surface area contributed by atoms with Crippen LogP contribution in [0.1, 0.15) is 38.3 Å². The van der Waals surface area contributed by atoms with Gasteiger partial charge in [0.25, 0.3) is 0 Å². The number of ether oxygens (including phenoxy) is 2. The minimum Gasteiger partial charge on any atom is -0.495 e. The van der Waals surface area contributed by atoms with Crippen LogP contribution in [0.4, 0.5) is 0 Å². The zero-order valence-corrected chi connectivity index (χ0v) is 18.0. The van der Waals surface area contributed by atoms with Gasteiger partial charge in [0.15, 0.2) is 0 Å². The molecule has 2 aromatic rings. The Morgan fingerprint density at radius 3 is 2.50 bits per heavy atom. The fourth-order valence-corrected chi connectivity index (χ4v) is 5.63. The summed E-state index contributed by atoms with van der Waals surface area (Å²) < 4.78 is 38.1. The Morgan fingerprint density at radius 2 is 1.90 bits per heavy atom. The molecule has 1 fully saturated rings. The van der Waals surface area contributed by atoms with Crippen molar-refractivity contribution < 1.29 is 27.8 Å². The number of carbonyl (C=O) groups excluding carboxylic acids is 1. The van der Waals surface area contributed by atoms with Gasteiger partial charge >= 0.3 is 0 Å². The molecule has 8 heteroatoms. The minimum absolute atomic E-state index is 0.0258. The molecule has 2 aromatic carbocycles. The molecule has 0 bridgehead atoms.